The van der Waals surface area contributed by atoms with Crippen molar-refractivity contribution in [1.82, 2.24) is 4.90 Å². The van der Waals surface area contributed by atoms with E-state index in [9.17, 15) is 4.79 Å². The van der Waals surface area contributed by atoms with Gasteiger partial charge in [-0.3, -0.25) is 4.79 Å². The van der Waals surface area contributed by atoms with Crippen LogP contribution in [0.25, 0.3) is 0 Å². The molecule has 1 saturated carbocycles. The van der Waals surface area contributed by atoms with Crippen LogP contribution in [0.2, 0.25) is 0 Å². The molecule has 2 heteroatoms. The fraction of sp³-hybridized carbons (Fsp3) is 0.706. The highest BCUT2D eigenvalue weighted by Crippen LogP contribution is 2.31. The summed E-state index contributed by atoms with van der Waals surface area (Å²) in [5, 5.41) is 0. The number of carbonyl (C=O) groups excluding carboxylic acids is 1. The number of allylic oxidation sites excluding steroid dienone is 3. The van der Waals surface area contributed by atoms with E-state index in [4.69, 9.17) is 0 Å². The summed E-state index contributed by atoms with van der Waals surface area (Å²) in [7, 11) is 0. The summed E-state index contributed by atoms with van der Waals surface area (Å²) < 4.78 is 0. The van der Waals surface area contributed by atoms with Gasteiger partial charge in [-0.2, -0.15) is 0 Å². The molecular weight excluding hydrogens is 234 g/mol. The van der Waals surface area contributed by atoms with Crippen molar-refractivity contribution >= 4 is 5.91 Å². The lowest BCUT2D eigenvalue weighted by molar-refractivity contribution is -0.132. The van der Waals surface area contributed by atoms with Gasteiger partial charge in [-0.1, -0.05) is 37.6 Å². The van der Waals surface area contributed by atoms with Crippen molar-refractivity contribution in [2.75, 3.05) is 13.1 Å². The maximum Gasteiger partial charge on any atom is 0.225 e. The number of amides is 1. The van der Waals surface area contributed by atoms with Crippen LogP contribution in [0.1, 0.15) is 59.3 Å². The monoisotopic (exact) mass is 263 g/mol. The normalized spacial score (nSPS) is 16.1. The molecular formula is C17H29NO. The van der Waals surface area contributed by atoms with Gasteiger partial charge in [0.1, 0.15) is 0 Å². The zero-order chi connectivity index (χ0) is 14.1. The van der Waals surface area contributed by atoms with Gasteiger partial charge >= 0.3 is 0 Å². The third-order valence-corrected chi connectivity index (χ3v) is 3.40. The molecule has 1 amide bonds. The molecule has 0 bridgehead atoms. The standard InChI is InChI=1S/C17H29NO/c1-4-6-7-8-9-10-15(3)14-18(13-5-2)17(19)16-11-12-16/h6-7,10,16H,4-5,8-9,11-14H2,1-3H3/b7-6-,15-10+. The van der Waals surface area contributed by atoms with Gasteiger partial charge in [-0.15, -0.1) is 0 Å². The van der Waals surface area contributed by atoms with E-state index in [0.717, 1.165) is 51.6 Å². The Morgan fingerprint density at radius 3 is 2.53 bits per heavy atom. The molecule has 0 aromatic carbocycles. The lowest BCUT2D eigenvalue weighted by Crippen LogP contribution is -2.34. The first-order valence-corrected chi connectivity index (χ1v) is 7.78. The van der Waals surface area contributed by atoms with Crippen molar-refractivity contribution in [3.8, 4) is 0 Å². The summed E-state index contributed by atoms with van der Waals surface area (Å²) >= 11 is 0. The van der Waals surface area contributed by atoms with E-state index in [1.807, 2.05) is 4.90 Å². The van der Waals surface area contributed by atoms with Crippen LogP contribution in [0.15, 0.2) is 23.8 Å². The molecule has 0 heterocycles. The quantitative estimate of drug-likeness (QED) is 0.448. The molecule has 0 atom stereocenters. The third kappa shape index (κ3) is 6.60. The summed E-state index contributed by atoms with van der Waals surface area (Å²) in [6.07, 6.45) is 13.3. The number of unbranched alkanes of at least 4 members (excludes halogenated alkanes) is 1. The highest BCUT2D eigenvalue weighted by Gasteiger charge is 2.32. The van der Waals surface area contributed by atoms with Crippen LogP contribution >= 0.6 is 0 Å². The van der Waals surface area contributed by atoms with Gasteiger partial charge in [0.15, 0.2) is 0 Å². The molecule has 0 N–H and O–H groups in total. The van der Waals surface area contributed by atoms with Crippen molar-refractivity contribution in [3.63, 3.8) is 0 Å². The fourth-order valence-electron chi connectivity index (χ4n) is 2.20. The summed E-state index contributed by atoms with van der Waals surface area (Å²) in [6, 6.07) is 0. The van der Waals surface area contributed by atoms with Crippen molar-refractivity contribution in [3.05, 3.63) is 23.8 Å². The first kappa shape index (κ1) is 16.0. The zero-order valence-electron chi connectivity index (χ0n) is 12.8. The van der Waals surface area contributed by atoms with Crippen LogP contribution in [0, 0.1) is 5.92 Å². The number of nitrogens with zero attached hydrogens (tertiary/aromatic N) is 1. The Morgan fingerprint density at radius 1 is 1.21 bits per heavy atom. The summed E-state index contributed by atoms with van der Waals surface area (Å²) in [5.74, 6) is 0.715. The Balaban J connectivity index is 2.36. The molecule has 0 saturated heterocycles. The van der Waals surface area contributed by atoms with Crippen molar-refractivity contribution in [2.24, 2.45) is 5.92 Å². The largest absolute Gasteiger partial charge is 0.338 e. The topological polar surface area (TPSA) is 20.3 Å². The Kier molecular flexibility index (Phi) is 7.54. The predicted octanol–water partition coefficient (Wildman–Crippen LogP) is 4.33. The van der Waals surface area contributed by atoms with Crippen molar-refractivity contribution < 1.29 is 4.79 Å². The van der Waals surface area contributed by atoms with Gasteiger partial charge in [0.2, 0.25) is 5.91 Å². The van der Waals surface area contributed by atoms with Crippen molar-refractivity contribution in [1.29, 1.82) is 0 Å². The van der Waals surface area contributed by atoms with Gasteiger partial charge < -0.3 is 4.90 Å². The number of hydrogen-bond acceptors (Lipinski definition) is 1. The van der Waals surface area contributed by atoms with Gasteiger partial charge in [0, 0.05) is 19.0 Å². The SMILES string of the molecule is CC/C=C\CC/C=C(\C)CN(CCC)C(=O)C1CC1. The molecule has 0 aromatic heterocycles. The minimum Gasteiger partial charge on any atom is -0.338 e. The van der Waals surface area contributed by atoms with E-state index in [-0.39, 0.29) is 0 Å². The Bertz CT molecular complexity index is 326. The minimum absolute atomic E-state index is 0.340. The Labute approximate surface area is 118 Å². The van der Waals surface area contributed by atoms with Crippen LogP contribution < -0.4 is 0 Å². The molecule has 0 spiro atoms. The first-order chi connectivity index (χ1) is 9.19. The molecule has 1 rings (SSSR count). The Morgan fingerprint density at radius 2 is 1.95 bits per heavy atom. The average molecular weight is 263 g/mol. The molecule has 108 valence electrons. The Hall–Kier alpha value is -1.05. The van der Waals surface area contributed by atoms with Gasteiger partial charge in [-0.25, -0.2) is 0 Å². The molecule has 0 aliphatic heterocycles. The second-order valence-electron chi connectivity index (χ2n) is 5.54. The molecule has 1 aliphatic rings. The highest BCUT2D eigenvalue weighted by atomic mass is 16.2. The maximum absolute atomic E-state index is 12.1. The van der Waals surface area contributed by atoms with Crippen LogP contribution in [-0.4, -0.2) is 23.9 Å². The first-order valence-electron chi connectivity index (χ1n) is 7.78. The maximum atomic E-state index is 12.1. The van der Waals surface area contributed by atoms with E-state index < -0.39 is 0 Å². The van der Waals surface area contributed by atoms with E-state index in [0.29, 0.717) is 11.8 Å². The van der Waals surface area contributed by atoms with Crippen LogP contribution in [0.3, 0.4) is 0 Å². The lowest BCUT2D eigenvalue weighted by atomic mass is 10.1. The lowest BCUT2D eigenvalue weighted by Gasteiger charge is -2.22. The van der Waals surface area contributed by atoms with Crippen molar-refractivity contribution in [2.45, 2.75) is 59.3 Å². The molecule has 0 aromatic rings. The predicted molar refractivity (Wildman–Crippen MR) is 82.0 cm³/mol. The molecule has 0 unspecified atom stereocenters. The molecule has 1 fully saturated rings. The van der Waals surface area contributed by atoms with E-state index in [1.54, 1.807) is 0 Å². The molecule has 2 nitrogen and oxygen atoms in total. The fourth-order valence-corrected chi connectivity index (χ4v) is 2.20. The molecule has 19 heavy (non-hydrogen) atoms. The number of hydrogen-bond donors (Lipinski definition) is 0. The van der Waals surface area contributed by atoms with Gasteiger partial charge in [0.25, 0.3) is 0 Å². The summed E-state index contributed by atoms with van der Waals surface area (Å²) in [4.78, 5) is 14.2. The average Bonchev–Trinajstić information content (AvgIpc) is 3.21. The van der Waals surface area contributed by atoms with E-state index in [1.165, 1.54) is 5.57 Å². The van der Waals surface area contributed by atoms with Crippen LogP contribution in [0.5, 0.6) is 0 Å². The smallest absolute Gasteiger partial charge is 0.225 e. The second-order valence-corrected chi connectivity index (χ2v) is 5.54. The summed E-state index contributed by atoms with van der Waals surface area (Å²) in [5.41, 5.74) is 1.33. The summed E-state index contributed by atoms with van der Waals surface area (Å²) in [6.45, 7) is 8.16. The highest BCUT2D eigenvalue weighted by molar-refractivity contribution is 5.81. The number of carbonyl (C=O) groups is 1. The molecule has 1 aliphatic carbocycles. The third-order valence-electron chi connectivity index (χ3n) is 3.40. The minimum atomic E-state index is 0.340. The van der Waals surface area contributed by atoms with E-state index in [2.05, 4.69) is 39.0 Å². The van der Waals surface area contributed by atoms with Crippen LogP contribution in [-0.2, 0) is 4.79 Å². The van der Waals surface area contributed by atoms with Gasteiger partial charge in [0.05, 0.1) is 0 Å². The van der Waals surface area contributed by atoms with E-state index >= 15 is 0 Å². The van der Waals surface area contributed by atoms with Crippen LogP contribution in [0.4, 0.5) is 0 Å². The number of rotatable bonds is 9. The molecule has 0 radical (unpaired) electrons. The second kappa shape index (κ2) is 8.95. The zero-order valence-corrected chi connectivity index (χ0v) is 12.8. The van der Waals surface area contributed by atoms with Gasteiger partial charge in [-0.05, 0) is 45.4 Å².